The Balaban J connectivity index is 2.76. The SMILES string of the molecule is CC(=O)c1ccccc1SCC(C)C=O. The number of ketones is 1. The minimum absolute atomic E-state index is 0.0232. The minimum atomic E-state index is 0.0232. The Morgan fingerprint density at radius 2 is 2.13 bits per heavy atom. The van der Waals surface area contributed by atoms with Crippen molar-refractivity contribution in [1.29, 1.82) is 0 Å². The van der Waals surface area contributed by atoms with Crippen molar-refractivity contribution >= 4 is 23.8 Å². The first-order chi connectivity index (χ1) is 7.15. The Hall–Kier alpha value is -1.09. The molecule has 0 heterocycles. The molecule has 0 aliphatic heterocycles. The fourth-order valence-corrected chi connectivity index (χ4v) is 2.21. The lowest BCUT2D eigenvalue weighted by atomic mass is 10.1. The van der Waals surface area contributed by atoms with Crippen molar-refractivity contribution in [3.8, 4) is 0 Å². The molecule has 1 atom stereocenters. The fourth-order valence-electron chi connectivity index (χ4n) is 1.14. The summed E-state index contributed by atoms with van der Waals surface area (Å²) in [7, 11) is 0. The second kappa shape index (κ2) is 5.71. The van der Waals surface area contributed by atoms with Crippen molar-refractivity contribution in [3.05, 3.63) is 29.8 Å². The Morgan fingerprint density at radius 3 is 2.73 bits per heavy atom. The zero-order valence-electron chi connectivity index (χ0n) is 8.90. The first kappa shape index (κ1) is 12.0. The first-order valence-electron chi connectivity index (χ1n) is 4.83. The number of aldehydes is 1. The summed E-state index contributed by atoms with van der Waals surface area (Å²) in [6, 6.07) is 7.49. The summed E-state index contributed by atoms with van der Waals surface area (Å²) in [6.45, 7) is 3.43. The Kier molecular flexibility index (Phi) is 4.56. The summed E-state index contributed by atoms with van der Waals surface area (Å²) >= 11 is 1.56. The van der Waals surface area contributed by atoms with E-state index >= 15 is 0 Å². The Bertz CT molecular complexity index is 360. The van der Waals surface area contributed by atoms with Crippen LogP contribution in [0.2, 0.25) is 0 Å². The van der Waals surface area contributed by atoms with Crippen LogP contribution in [-0.2, 0) is 4.79 Å². The quantitative estimate of drug-likeness (QED) is 0.436. The average molecular weight is 222 g/mol. The highest BCUT2D eigenvalue weighted by molar-refractivity contribution is 7.99. The zero-order chi connectivity index (χ0) is 11.3. The monoisotopic (exact) mass is 222 g/mol. The Morgan fingerprint density at radius 1 is 1.47 bits per heavy atom. The van der Waals surface area contributed by atoms with E-state index in [2.05, 4.69) is 0 Å². The first-order valence-corrected chi connectivity index (χ1v) is 5.81. The van der Waals surface area contributed by atoms with Crippen LogP contribution in [0.5, 0.6) is 0 Å². The third kappa shape index (κ3) is 3.51. The summed E-state index contributed by atoms with van der Waals surface area (Å²) in [5.41, 5.74) is 0.737. The smallest absolute Gasteiger partial charge is 0.160 e. The molecule has 0 radical (unpaired) electrons. The molecule has 0 aromatic heterocycles. The van der Waals surface area contributed by atoms with E-state index in [1.54, 1.807) is 18.7 Å². The third-order valence-corrected chi connectivity index (χ3v) is 3.36. The van der Waals surface area contributed by atoms with Gasteiger partial charge < -0.3 is 4.79 Å². The summed E-state index contributed by atoms with van der Waals surface area (Å²) in [5, 5.41) is 0. The van der Waals surface area contributed by atoms with E-state index in [1.165, 1.54) is 0 Å². The van der Waals surface area contributed by atoms with E-state index in [0.29, 0.717) is 5.75 Å². The van der Waals surface area contributed by atoms with E-state index in [1.807, 2.05) is 31.2 Å². The lowest BCUT2D eigenvalue weighted by molar-refractivity contribution is -0.110. The van der Waals surface area contributed by atoms with Crippen LogP contribution in [0.4, 0.5) is 0 Å². The topological polar surface area (TPSA) is 34.1 Å². The number of rotatable bonds is 5. The van der Waals surface area contributed by atoms with Gasteiger partial charge in [0.1, 0.15) is 6.29 Å². The van der Waals surface area contributed by atoms with Crippen molar-refractivity contribution < 1.29 is 9.59 Å². The third-order valence-electron chi connectivity index (χ3n) is 2.00. The largest absolute Gasteiger partial charge is 0.303 e. The second-order valence-electron chi connectivity index (χ2n) is 3.48. The predicted octanol–water partition coefficient (Wildman–Crippen LogP) is 2.82. The summed E-state index contributed by atoms with van der Waals surface area (Å²) in [6.07, 6.45) is 0.934. The van der Waals surface area contributed by atoms with Gasteiger partial charge in [-0.1, -0.05) is 25.1 Å². The summed E-state index contributed by atoms with van der Waals surface area (Å²) in [5.74, 6) is 0.806. The van der Waals surface area contributed by atoms with Crippen LogP contribution < -0.4 is 0 Å². The van der Waals surface area contributed by atoms with Gasteiger partial charge in [0.2, 0.25) is 0 Å². The van der Waals surface area contributed by atoms with Gasteiger partial charge >= 0.3 is 0 Å². The van der Waals surface area contributed by atoms with Crippen LogP contribution in [0.1, 0.15) is 24.2 Å². The van der Waals surface area contributed by atoms with Crippen molar-refractivity contribution in [2.75, 3.05) is 5.75 Å². The predicted molar refractivity (Wildman–Crippen MR) is 62.4 cm³/mol. The zero-order valence-corrected chi connectivity index (χ0v) is 9.71. The van der Waals surface area contributed by atoms with Crippen molar-refractivity contribution in [2.45, 2.75) is 18.7 Å². The van der Waals surface area contributed by atoms with Crippen LogP contribution in [0, 0.1) is 5.92 Å². The molecule has 0 fully saturated rings. The molecule has 0 N–H and O–H groups in total. The minimum Gasteiger partial charge on any atom is -0.303 e. The molecule has 1 aromatic carbocycles. The van der Waals surface area contributed by atoms with Gasteiger partial charge in [-0.15, -0.1) is 11.8 Å². The van der Waals surface area contributed by atoms with E-state index in [4.69, 9.17) is 0 Å². The molecule has 0 aliphatic rings. The molecule has 0 aliphatic carbocycles. The molecule has 2 nitrogen and oxygen atoms in total. The molecule has 1 unspecified atom stereocenters. The van der Waals surface area contributed by atoms with Gasteiger partial charge in [-0.2, -0.15) is 0 Å². The van der Waals surface area contributed by atoms with Gasteiger partial charge in [-0.3, -0.25) is 4.79 Å². The van der Waals surface area contributed by atoms with E-state index in [9.17, 15) is 9.59 Å². The maximum atomic E-state index is 11.3. The number of hydrogen-bond donors (Lipinski definition) is 0. The second-order valence-corrected chi connectivity index (χ2v) is 4.54. The molecule has 0 saturated carbocycles. The number of benzene rings is 1. The molecule has 0 spiro atoms. The number of carbonyl (C=O) groups is 2. The highest BCUT2D eigenvalue weighted by atomic mass is 32.2. The van der Waals surface area contributed by atoms with Crippen LogP contribution in [0.15, 0.2) is 29.2 Å². The van der Waals surface area contributed by atoms with Crippen LogP contribution in [0.25, 0.3) is 0 Å². The van der Waals surface area contributed by atoms with Gasteiger partial charge in [0.15, 0.2) is 5.78 Å². The molecule has 0 bridgehead atoms. The number of hydrogen-bond acceptors (Lipinski definition) is 3. The molecule has 3 heteroatoms. The summed E-state index contributed by atoms with van der Waals surface area (Å²) in [4.78, 5) is 22.7. The number of carbonyl (C=O) groups excluding carboxylic acids is 2. The average Bonchev–Trinajstić information content (AvgIpc) is 2.26. The van der Waals surface area contributed by atoms with Crippen LogP contribution >= 0.6 is 11.8 Å². The molecule has 0 saturated heterocycles. The molecule has 0 amide bonds. The lowest BCUT2D eigenvalue weighted by Crippen LogP contribution is -2.01. The standard InChI is InChI=1S/C12H14O2S/c1-9(7-13)8-15-12-6-4-3-5-11(12)10(2)14/h3-7,9H,8H2,1-2H3. The highest BCUT2D eigenvalue weighted by Gasteiger charge is 2.08. The van der Waals surface area contributed by atoms with Crippen molar-refractivity contribution in [3.63, 3.8) is 0 Å². The number of Topliss-reactive ketones (excluding diaryl/α,β-unsaturated/α-hetero) is 1. The molecular formula is C12H14O2S. The summed E-state index contributed by atoms with van der Waals surface area (Å²) < 4.78 is 0. The Labute approximate surface area is 94.1 Å². The normalized spacial score (nSPS) is 12.1. The maximum absolute atomic E-state index is 11.3. The fraction of sp³-hybridized carbons (Fsp3) is 0.333. The molecular weight excluding hydrogens is 208 g/mol. The lowest BCUT2D eigenvalue weighted by Gasteiger charge is -2.07. The molecule has 1 aromatic rings. The van der Waals surface area contributed by atoms with Gasteiger partial charge in [0.25, 0.3) is 0 Å². The highest BCUT2D eigenvalue weighted by Crippen LogP contribution is 2.24. The van der Waals surface area contributed by atoms with Gasteiger partial charge in [-0.25, -0.2) is 0 Å². The molecule has 15 heavy (non-hydrogen) atoms. The van der Waals surface area contributed by atoms with Gasteiger partial charge in [-0.05, 0) is 13.0 Å². The van der Waals surface area contributed by atoms with E-state index in [-0.39, 0.29) is 11.7 Å². The maximum Gasteiger partial charge on any atom is 0.160 e. The van der Waals surface area contributed by atoms with Gasteiger partial charge in [0, 0.05) is 22.1 Å². The van der Waals surface area contributed by atoms with E-state index in [0.717, 1.165) is 16.7 Å². The van der Waals surface area contributed by atoms with Crippen LogP contribution in [0.3, 0.4) is 0 Å². The van der Waals surface area contributed by atoms with Crippen molar-refractivity contribution in [2.24, 2.45) is 5.92 Å². The van der Waals surface area contributed by atoms with Crippen molar-refractivity contribution in [1.82, 2.24) is 0 Å². The van der Waals surface area contributed by atoms with Crippen LogP contribution in [-0.4, -0.2) is 17.8 Å². The molecule has 80 valence electrons. The number of thioether (sulfide) groups is 1. The van der Waals surface area contributed by atoms with Gasteiger partial charge in [0.05, 0.1) is 0 Å². The molecule has 1 rings (SSSR count). The van der Waals surface area contributed by atoms with E-state index < -0.39 is 0 Å².